The number of aromatic nitrogens is 4. The van der Waals surface area contributed by atoms with Crippen LogP contribution < -0.4 is 5.32 Å². The third-order valence-corrected chi connectivity index (χ3v) is 5.34. The average Bonchev–Trinajstić information content (AvgIpc) is 3.01. The highest BCUT2D eigenvalue weighted by molar-refractivity contribution is 5.78. The standard InChI is InChI=1S/C20H30N6O/c1-5-16(6-2)20(27)25-9-7-17(8-10-25)22-18-12-21-13-19(23-18)26-15(4)11-14(3)24-26/h11-13,16-17H,5-10H2,1-4H3,(H,22,23). The van der Waals surface area contributed by atoms with Gasteiger partial charge in [0.05, 0.1) is 18.1 Å². The van der Waals surface area contributed by atoms with Crippen molar-refractivity contribution >= 4 is 11.7 Å². The lowest BCUT2D eigenvalue weighted by molar-refractivity contribution is -0.136. The Balaban J connectivity index is 1.60. The van der Waals surface area contributed by atoms with Crippen LogP contribution in [0.1, 0.15) is 50.9 Å². The van der Waals surface area contributed by atoms with E-state index >= 15 is 0 Å². The Morgan fingerprint density at radius 1 is 1.22 bits per heavy atom. The van der Waals surface area contributed by atoms with Crippen LogP contribution in [-0.4, -0.2) is 49.7 Å². The van der Waals surface area contributed by atoms with Crippen LogP contribution in [0.3, 0.4) is 0 Å². The first kappa shape index (κ1) is 19.3. The van der Waals surface area contributed by atoms with Crippen LogP contribution in [0.2, 0.25) is 0 Å². The topological polar surface area (TPSA) is 75.9 Å². The summed E-state index contributed by atoms with van der Waals surface area (Å²) in [6.45, 7) is 9.77. The molecule has 0 bridgehead atoms. The summed E-state index contributed by atoms with van der Waals surface area (Å²) in [6, 6.07) is 2.33. The zero-order valence-corrected chi connectivity index (χ0v) is 16.8. The van der Waals surface area contributed by atoms with E-state index < -0.39 is 0 Å². The third-order valence-electron chi connectivity index (χ3n) is 5.34. The third kappa shape index (κ3) is 4.46. The molecule has 1 N–H and O–H groups in total. The Labute approximate surface area is 161 Å². The Bertz CT molecular complexity index is 775. The molecule has 1 fully saturated rings. The number of rotatable bonds is 6. The molecule has 3 heterocycles. The molecule has 1 amide bonds. The van der Waals surface area contributed by atoms with Crippen molar-refractivity contribution in [1.29, 1.82) is 0 Å². The summed E-state index contributed by atoms with van der Waals surface area (Å²) >= 11 is 0. The zero-order chi connectivity index (χ0) is 19.4. The van der Waals surface area contributed by atoms with Gasteiger partial charge in [-0.3, -0.25) is 9.78 Å². The molecular formula is C20H30N6O. The van der Waals surface area contributed by atoms with E-state index in [4.69, 9.17) is 0 Å². The second kappa shape index (κ2) is 8.50. The van der Waals surface area contributed by atoms with Crippen LogP contribution in [0.15, 0.2) is 18.5 Å². The lowest BCUT2D eigenvalue weighted by Crippen LogP contribution is -2.44. The smallest absolute Gasteiger partial charge is 0.225 e. The molecule has 1 saturated heterocycles. The zero-order valence-electron chi connectivity index (χ0n) is 16.8. The predicted octanol–water partition coefficient (Wildman–Crippen LogP) is 3.12. The van der Waals surface area contributed by atoms with Gasteiger partial charge in [-0.05, 0) is 45.6 Å². The van der Waals surface area contributed by atoms with Gasteiger partial charge in [0.15, 0.2) is 5.82 Å². The average molecular weight is 371 g/mol. The number of amides is 1. The number of anilines is 1. The van der Waals surface area contributed by atoms with Gasteiger partial charge in [-0.25, -0.2) is 9.67 Å². The number of carbonyl (C=O) groups is 1. The monoisotopic (exact) mass is 370 g/mol. The largest absolute Gasteiger partial charge is 0.366 e. The fourth-order valence-corrected chi connectivity index (χ4v) is 3.74. The summed E-state index contributed by atoms with van der Waals surface area (Å²) in [6.07, 6.45) is 7.16. The summed E-state index contributed by atoms with van der Waals surface area (Å²) in [7, 11) is 0. The van der Waals surface area contributed by atoms with Gasteiger partial charge in [0, 0.05) is 30.7 Å². The molecular weight excluding hydrogens is 340 g/mol. The SMILES string of the molecule is CCC(CC)C(=O)N1CCC(Nc2cncc(-n3nc(C)cc3C)n2)CC1. The molecule has 27 heavy (non-hydrogen) atoms. The van der Waals surface area contributed by atoms with Crippen LogP contribution in [0.4, 0.5) is 5.82 Å². The molecule has 7 nitrogen and oxygen atoms in total. The maximum absolute atomic E-state index is 12.5. The fraction of sp³-hybridized carbons (Fsp3) is 0.600. The minimum Gasteiger partial charge on any atom is -0.366 e. The number of nitrogens with zero attached hydrogens (tertiary/aromatic N) is 5. The van der Waals surface area contributed by atoms with Crippen LogP contribution in [-0.2, 0) is 4.79 Å². The second-order valence-corrected chi connectivity index (χ2v) is 7.36. The number of hydrogen-bond acceptors (Lipinski definition) is 5. The van der Waals surface area contributed by atoms with E-state index in [2.05, 4.69) is 34.2 Å². The van der Waals surface area contributed by atoms with E-state index in [1.807, 2.05) is 29.5 Å². The number of aryl methyl sites for hydroxylation is 2. The second-order valence-electron chi connectivity index (χ2n) is 7.36. The molecule has 7 heteroatoms. The first-order valence-corrected chi connectivity index (χ1v) is 9.92. The summed E-state index contributed by atoms with van der Waals surface area (Å²) in [5.74, 6) is 1.94. The van der Waals surface area contributed by atoms with E-state index in [9.17, 15) is 4.79 Å². The molecule has 0 radical (unpaired) electrons. The number of piperidine rings is 1. The summed E-state index contributed by atoms with van der Waals surface area (Å²) in [5.41, 5.74) is 1.99. The number of nitrogens with one attached hydrogen (secondary N) is 1. The lowest BCUT2D eigenvalue weighted by Gasteiger charge is -2.34. The molecule has 146 valence electrons. The normalized spacial score (nSPS) is 15.4. The molecule has 1 aliphatic rings. The van der Waals surface area contributed by atoms with Gasteiger partial charge in [-0.15, -0.1) is 0 Å². The Morgan fingerprint density at radius 2 is 1.93 bits per heavy atom. The van der Waals surface area contributed by atoms with Crippen LogP contribution in [0, 0.1) is 19.8 Å². The Morgan fingerprint density at radius 3 is 2.52 bits per heavy atom. The first-order valence-electron chi connectivity index (χ1n) is 9.92. The van der Waals surface area contributed by atoms with Gasteiger partial charge in [-0.2, -0.15) is 5.10 Å². The summed E-state index contributed by atoms with van der Waals surface area (Å²) < 4.78 is 1.81. The maximum Gasteiger partial charge on any atom is 0.225 e. The minimum absolute atomic E-state index is 0.165. The van der Waals surface area contributed by atoms with E-state index in [1.54, 1.807) is 12.4 Å². The van der Waals surface area contributed by atoms with Crippen molar-refractivity contribution in [3.8, 4) is 5.82 Å². The highest BCUT2D eigenvalue weighted by atomic mass is 16.2. The molecule has 0 spiro atoms. The molecule has 1 aliphatic heterocycles. The predicted molar refractivity (Wildman–Crippen MR) is 106 cm³/mol. The highest BCUT2D eigenvalue weighted by Crippen LogP contribution is 2.20. The number of likely N-dealkylation sites (tertiary alicyclic amines) is 1. The van der Waals surface area contributed by atoms with Crippen molar-refractivity contribution in [1.82, 2.24) is 24.6 Å². The molecule has 2 aromatic heterocycles. The molecule has 2 aromatic rings. The first-order chi connectivity index (χ1) is 13.0. The summed E-state index contributed by atoms with van der Waals surface area (Å²) in [5, 5.41) is 7.95. The van der Waals surface area contributed by atoms with Crippen molar-refractivity contribution < 1.29 is 4.79 Å². The number of carbonyl (C=O) groups excluding carboxylic acids is 1. The van der Waals surface area contributed by atoms with E-state index in [0.29, 0.717) is 17.8 Å². The quantitative estimate of drug-likeness (QED) is 0.845. The van der Waals surface area contributed by atoms with Gasteiger partial charge in [0.2, 0.25) is 5.91 Å². The van der Waals surface area contributed by atoms with Crippen molar-refractivity contribution in [2.45, 2.75) is 59.4 Å². The highest BCUT2D eigenvalue weighted by Gasteiger charge is 2.26. The van der Waals surface area contributed by atoms with Crippen LogP contribution >= 0.6 is 0 Å². The molecule has 0 aliphatic carbocycles. The van der Waals surface area contributed by atoms with Crippen LogP contribution in [0.25, 0.3) is 5.82 Å². The van der Waals surface area contributed by atoms with E-state index in [0.717, 1.165) is 56.0 Å². The Kier molecular flexibility index (Phi) is 6.08. The van der Waals surface area contributed by atoms with Crippen molar-refractivity contribution in [2.24, 2.45) is 5.92 Å². The van der Waals surface area contributed by atoms with Gasteiger partial charge in [0.25, 0.3) is 0 Å². The molecule has 0 saturated carbocycles. The van der Waals surface area contributed by atoms with Gasteiger partial charge < -0.3 is 10.2 Å². The molecule has 0 aromatic carbocycles. The van der Waals surface area contributed by atoms with Crippen LogP contribution in [0.5, 0.6) is 0 Å². The molecule has 0 atom stereocenters. The van der Waals surface area contributed by atoms with E-state index in [1.165, 1.54) is 0 Å². The minimum atomic E-state index is 0.165. The number of hydrogen-bond donors (Lipinski definition) is 1. The Hall–Kier alpha value is -2.44. The van der Waals surface area contributed by atoms with Crippen molar-refractivity contribution in [2.75, 3.05) is 18.4 Å². The molecule has 3 rings (SSSR count). The van der Waals surface area contributed by atoms with Gasteiger partial charge >= 0.3 is 0 Å². The molecule has 0 unspecified atom stereocenters. The van der Waals surface area contributed by atoms with Crippen molar-refractivity contribution in [3.05, 3.63) is 29.8 Å². The lowest BCUT2D eigenvalue weighted by atomic mass is 9.98. The van der Waals surface area contributed by atoms with Crippen molar-refractivity contribution in [3.63, 3.8) is 0 Å². The maximum atomic E-state index is 12.5. The fourth-order valence-electron chi connectivity index (χ4n) is 3.74. The van der Waals surface area contributed by atoms with E-state index in [-0.39, 0.29) is 5.92 Å². The summed E-state index contributed by atoms with van der Waals surface area (Å²) in [4.78, 5) is 23.5. The van der Waals surface area contributed by atoms with Gasteiger partial charge in [-0.1, -0.05) is 13.8 Å². The van der Waals surface area contributed by atoms with Gasteiger partial charge in [0.1, 0.15) is 5.82 Å².